The SMILES string of the molecule is COCc1c(C#N)nnn1-c1ccccc1F. The minimum absolute atomic E-state index is 0.134. The molecule has 6 heteroatoms. The van der Waals surface area contributed by atoms with Crippen molar-refractivity contribution in [3.8, 4) is 11.8 Å². The number of ether oxygens (including phenoxy) is 1. The number of rotatable bonds is 3. The van der Waals surface area contributed by atoms with Crippen LogP contribution in [0.3, 0.4) is 0 Å². The molecule has 0 amide bonds. The van der Waals surface area contributed by atoms with Gasteiger partial charge >= 0.3 is 0 Å². The number of halogens is 1. The minimum atomic E-state index is -0.431. The predicted molar refractivity (Wildman–Crippen MR) is 56.7 cm³/mol. The zero-order valence-electron chi connectivity index (χ0n) is 9.09. The highest BCUT2D eigenvalue weighted by atomic mass is 19.1. The van der Waals surface area contributed by atoms with Crippen LogP contribution in [-0.4, -0.2) is 22.1 Å². The third-order valence-electron chi connectivity index (χ3n) is 2.23. The van der Waals surface area contributed by atoms with Gasteiger partial charge < -0.3 is 4.74 Å². The van der Waals surface area contributed by atoms with E-state index in [0.717, 1.165) is 0 Å². The highest BCUT2D eigenvalue weighted by Crippen LogP contribution is 2.16. The van der Waals surface area contributed by atoms with Crippen LogP contribution in [-0.2, 0) is 11.3 Å². The second-order valence-electron chi connectivity index (χ2n) is 3.29. The summed E-state index contributed by atoms with van der Waals surface area (Å²) in [5.74, 6) is -0.431. The van der Waals surface area contributed by atoms with Gasteiger partial charge in [-0.3, -0.25) is 0 Å². The maximum Gasteiger partial charge on any atom is 0.188 e. The van der Waals surface area contributed by atoms with E-state index in [9.17, 15) is 4.39 Å². The number of nitriles is 1. The number of methoxy groups -OCH3 is 1. The molecular weight excluding hydrogens is 223 g/mol. The molecular formula is C11H9FN4O. The van der Waals surface area contributed by atoms with E-state index in [1.165, 1.54) is 17.9 Å². The number of nitrogens with zero attached hydrogens (tertiary/aromatic N) is 4. The first-order valence-corrected chi connectivity index (χ1v) is 4.86. The fourth-order valence-corrected chi connectivity index (χ4v) is 1.47. The summed E-state index contributed by atoms with van der Waals surface area (Å²) in [6.07, 6.45) is 0. The highest BCUT2D eigenvalue weighted by molar-refractivity contribution is 5.37. The molecule has 0 saturated carbocycles. The Labute approximate surface area is 97.1 Å². The second kappa shape index (κ2) is 4.72. The molecule has 5 nitrogen and oxygen atoms in total. The molecule has 0 N–H and O–H groups in total. The molecule has 17 heavy (non-hydrogen) atoms. The summed E-state index contributed by atoms with van der Waals surface area (Å²) in [5.41, 5.74) is 0.809. The normalized spacial score (nSPS) is 10.2. The molecule has 0 spiro atoms. The Kier molecular flexibility index (Phi) is 3.12. The average Bonchev–Trinajstić information content (AvgIpc) is 2.73. The smallest absolute Gasteiger partial charge is 0.188 e. The quantitative estimate of drug-likeness (QED) is 0.802. The predicted octanol–water partition coefficient (Wildman–Crippen LogP) is 1.42. The van der Waals surface area contributed by atoms with Gasteiger partial charge in [-0.1, -0.05) is 17.3 Å². The van der Waals surface area contributed by atoms with Gasteiger partial charge in [-0.15, -0.1) is 5.10 Å². The Bertz CT molecular complexity index is 573. The van der Waals surface area contributed by atoms with Crippen molar-refractivity contribution in [3.63, 3.8) is 0 Å². The van der Waals surface area contributed by atoms with E-state index in [-0.39, 0.29) is 18.0 Å². The van der Waals surface area contributed by atoms with Gasteiger partial charge in [-0.2, -0.15) is 5.26 Å². The number of aromatic nitrogens is 3. The highest BCUT2D eigenvalue weighted by Gasteiger charge is 2.15. The number of benzene rings is 1. The molecule has 86 valence electrons. The van der Waals surface area contributed by atoms with Crippen molar-refractivity contribution >= 4 is 0 Å². The molecule has 0 atom stereocenters. The maximum absolute atomic E-state index is 13.6. The molecule has 1 heterocycles. The lowest BCUT2D eigenvalue weighted by Crippen LogP contribution is -2.06. The van der Waals surface area contributed by atoms with Gasteiger partial charge in [0.1, 0.15) is 23.3 Å². The first-order valence-electron chi connectivity index (χ1n) is 4.86. The standard InChI is InChI=1S/C11H9FN4O/c1-17-7-11-9(6-13)14-15-16(11)10-5-3-2-4-8(10)12/h2-5H,7H2,1H3. The van der Waals surface area contributed by atoms with Crippen molar-refractivity contribution in [3.05, 3.63) is 41.5 Å². The summed E-state index contributed by atoms with van der Waals surface area (Å²) in [7, 11) is 1.49. The number of hydrogen-bond acceptors (Lipinski definition) is 4. The molecule has 0 radical (unpaired) electrons. The third kappa shape index (κ3) is 2.00. The van der Waals surface area contributed by atoms with Crippen LogP contribution < -0.4 is 0 Å². The van der Waals surface area contributed by atoms with E-state index in [4.69, 9.17) is 10.00 Å². The molecule has 1 aromatic carbocycles. The zero-order valence-corrected chi connectivity index (χ0v) is 9.09. The first kappa shape index (κ1) is 11.2. The average molecular weight is 232 g/mol. The van der Waals surface area contributed by atoms with Crippen LogP contribution in [0, 0.1) is 17.1 Å². The zero-order chi connectivity index (χ0) is 12.3. The molecule has 2 rings (SSSR count). The Morgan fingerprint density at radius 1 is 1.47 bits per heavy atom. The van der Waals surface area contributed by atoms with Gasteiger partial charge in [0.25, 0.3) is 0 Å². The van der Waals surface area contributed by atoms with Crippen LogP contribution in [0.2, 0.25) is 0 Å². The lowest BCUT2D eigenvalue weighted by atomic mass is 10.3. The Hall–Kier alpha value is -2.26. The number of hydrogen-bond donors (Lipinski definition) is 0. The summed E-state index contributed by atoms with van der Waals surface area (Å²) >= 11 is 0. The van der Waals surface area contributed by atoms with Crippen molar-refractivity contribution in [1.29, 1.82) is 5.26 Å². The fraction of sp³-hybridized carbons (Fsp3) is 0.182. The van der Waals surface area contributed by atoms with E-state index in [0.29, 0.717) is 5.69 Å². The summed E-state index contributed by atoms with van der Waals surface area (Å²) in [6, 6.07) is 8.04. The summed E-state index contributed by atoms with van der Waals surface area (Å²) < 4.78 is 19.8. The summed E-state index contributed by atoms with van der Waals surface area (Å²) in [6.45, 7) is 0.143. The van der Waals surface area contributed by atoms with E-state index >= 15 is 0 Å². The van der Waals surface area contributed by atoms with Gasteiger partial charge in [0.15, 0.2) is 5.69 Å². The maximum atomic E-state index is 13.6. The molecule has 0 aliphatic carbocycles. The van der Waals surface area contributed by atoms with Crippen LogP contribution in [0.1, 0.15) is 11.4 Å². The molecule has 0 unspecified atom stereocenters. The van der Waals surface area contributed by atoms with Crippen molar-refractivity contribution in [2.75, 3.05) is 7.11 Å². The van der Waals surface area contributed by atoms with Crippen LogP contribution >= 0.6 is 0 Å². The van der Waals surface area contributed by atoms with Crippen LogP contribution in [0.5, 0.6) is 0 Å². The van der Waals surface area contributed by atoms with Crippen LogP contribution in [0.15, 0.2) is 24.3 Å². The summed E-state index contributed by atoms with van der Waals surface area (Å²) in [4.78, 5) is 0. The Balaban J connectivity index is 2.57. The largest absolute Gasteiger partial charge is 0.378 e. The molecule has 0 aliphatic heterocycles. The van der Waals surface area contributed by atoms with Crippen LogP contribution in [0.25, 0.3) is 5.69 Å². The van der Waals surface area contributed by atoms with E-state index in [1.54, 1.807) is 18.2 Å². The first-order chi connectivity index (χ1) is 8.27. The van der Waals surface area contributed by atoms with E-state index in [2.05, 4.69) is 10.3 Å². The molecule has 0 bridgehead atoms. The van der Waals surface area contributed by atoms with Crippen molar-refractivity contribution in [1.82, 2.24) is 15.0 Å². The molecule has 0 aliphatic rings. The van der Waals surface area contributed by atoms with Gasteiger partial charge in [-0.25, -0.2) is 9.07 Å². The van der Waals surface area contributed by atoms with Gasteiger partial charge in [0.2, 0.25) is 0 Å². The van der Waals surface area contributed by atoms with Gasteiger partial charge in [0.05, 0.1) is 6.61 Å². The van der Waals surface area contributed by atoms with Crippen LogP contribution in [0.4, 0.5) is 4.39 Å². The topological polar surface area (TPSA) is 63.7 Å². The third-order valence-corrected chi connectivity index (χ3v) is 2.23. The summed E-state index contributed by atoms with van der Waals surface area (Å²) in [5, 5.41) is 16.3. The van der Waals surface area contributed by atoms with Crippen molar-refractivity contribution in [2.45, 2.75) is 6.61 Å². The monoisotopic (exact) mass is 232 g/mol. The lowest BCUT2D eigenvalue weighted by molar-refractivity contribution is 0.179. The molecule has 0 fully saturated rings. The number of para-hydroxylation sites is 1. The Morgan fingerprint density at radius 2 is 2.24 bits per heavy atom. The molecule has 1 aromatic heterocycles. The van der Waals surface area contributed by atoms with E-state index < -0.39 is 5.82 Å². The second-order valence-corrected chi connectivity index (χ2v) is 3.29. The molecule has 2 aromatic rings. The Morgan fingerprint density at radius 3 is 2.88 bits per heavy atom. The molecule has 0 saturated heterocycles. The minimum Gasteiger partial charge on any atom is -0.378 e. The van der Waals surface area contributed by atoms with Crippen molar-refractivity contribution < 1.29 is 9.13 Å². The van der Waals surface area contributed by atoms with Gasteiger partial charge in [-0.05, 0) is 12.1 Å². The van der Waals surface area contributed by atoms with E-state index in [1.807, 2.05) is 6.07 Å². The van der Waals surface area contributed by atoms with Gasteiger partial charge in [0, 0.05) is 7.11 Å². The lowest BCUT2D eigenvalue weighted by Gasteiger charge is -2.06. The van der Waals surface area contributed by atoms with Crippen molar-refractivity contribution in [2.24, 2.45) is 0 Å². The fourth-order valence-electron chi connectivity index (χ4n) is 1.47.